The van der Waals surface area contributed by atoms with Crippen molar-refractivity contribution in [2.45, 2.75) is 38.6 Å². The molecule has 0 amide bonds. The SMILES string of the molecule is CCCOc1cccc(CCNC(=NC)NC2CC=CC2)c1.I. The summed E-state index contributed by atoms with van der Waals surface area (Å²) in [4.78, 5) is 4.28. The molecule has 0 unspecified atom stereocenters. The first-order valence-electron chi connectivity index (χ1n) is 8.15. The molecule has 0 heterocycles. The largest absolute Gasteiger partial charge is 0.494 e. The topological polar surface area (TPSA) is 45.6 Å². The molecule has 0 bridgehead atoms. The van der Waals surface area contributed by atoms with Crippen LogP contribution in [-0.2, 0) is 6.42 Å². The van der Waals surface area contributed by atoms with E-state index < -0.39 is 0 Å². The fraction of sp³-hybridized carbons (Fsp3) is 0.500. The summed E-state index contributed by atoms with van der Waals surface area (Å²) in [7, 11) is 1.82. The van der Waals surface area contributed by atoms with E-state index in [1.54, 1.807) is 0 Å². The summed E-state index contributed by atoms with van der Waals surface area (Å²) in [6.45, 7) is 3.75. The molecular formula is C18H28IN3O. The van der Waals surface area contributed by atoms with Crippen LogP contribution in [0.4, 0.5) is 0 Å². The number of nitrogens with zero attached hydrogens (tertiary/aromatic N) is 1. The van der Waals surface area contributed by atoms with Crippen LogP contribution in [0.1, 0.15) is 31.7 Å². The average Bonchev–Trinajstić information content (AvgIpc) is 3.05. The Kier molecular flexibility index (Phi) is 9.75. The maximum absolute atomic E-state index is 5.67. The third-order valence-corrected chi connectivity index (χ3v) is 3.65. The van der Waals surface area contributed by atoms with Gasteiger partial charge in [0.25, 0.3) is 0 Å². The molecule has 1 aliphatic carbocycles. The van der Waals surface area contributed by atoms with Crippen LogP contribution in [0.3, 0.4) is 0 Å². The second-order valence-electron chi connectivity index (χ2n) is 5.53. The Bertz CT molecular complexity index is 509. The number of aliphatic imine (C=N–C) groups is 1. The molecular weight excluding hydrogens is 401 g/mol. The summed E-state index contributed by atoms with van der Waals surface area (Å²) in [6.07, 6.45) is 8.57. The van der Waals surface area contributed by atoms with E-state index in [1.807, 2.05) is 13.1 Å². The van der Waals surface area contributed by atoms with Gasteiger partial charge in [0.2, 0.25) is 0 Å². The van der Waals surface area contributed by atoms with Crippen LogP contribution in [0.15, 0.2) is 41.4 Å². The van der Waals surface area contributed by atoms with E-state index in [4.69, 9.17) is 4.74 Å². The van der Waals surface area contributed by atoms with Crippen molar-refractivity contribution in [3.8, 4) is 5.75 Å². The molecule has 0 saturated heterocycles. The third-order valence-electron chi connectivity index (χ3n) is 3.65. The number of hydrogen-bond acceptors (Lipinski definition) is 2. The normalized spacial score (nSPS) is 14.4. The lowest BCUT2D eigenvalue weighted by Crippen LogP contribution is -2.43. The highest BCUT2D eigenvalue weighted by Crippen LogP contribution is 2.14. The standard InChI is InChI=1S/C18H27N3O.HI/c1-3-13-22-17-10-6-7-15(14-17)11-12-20-18(19-2)21-16-8-4-5-9-16;/h4-7,10,14,16H,3,8-9,11-13H2,1-2H3,(H2,19,20,21);1H. The fourth-order valence-corrected chi connectivity index (χ4v) is 2.46. The number of hydrogen-bond donors (Lipinski definition) is 2. The van der Waals surface area contributed by atoms with Crippen LogP contribution < -0.4 is 15.4 Å². The van der Waals surface area contributed by atoms with Crippen LogP contribution in [0.2, 0.25) is 0 Å². The minimum atomic E-state index is 0. The van der Waals surface area contributed by atoms with Crippen molar-refractivity contribution >= 4 is 29.9 Å². The van der Waals surface area contributed by atoms with E-state index in [1.165, 1.54) is 5.56 Å². The maximum atomic E-state index is 5.67. The molecule has 0 radical (unpaired) electrons. The Morgan fingerprint density at radius 3 is 2.78 bits per heavy atom. The number of benzene rings is 1. The zero-order valence-electron chi connectivity index (χ0n) is 14.0. The fourth-order valence-electron chi connectivity index (χ4n) is 2.46. The number of guanidine groups is 1. The van der Waals surface area contributed by atoms with Crippen molar-refractivity contribution in [2.24, 2.45) is 4.99 Å². The average molecular weight is 429 g/mol. The van der Waals surface area contributed by atoms with Gasteiger partial charge in [-0.15, -0.1) is 24.0 Å². The van der Waals surface area contributed by atoms with Crippen LogP contribution >= 0.6 is 24.0 Å². The van der Waals surface area contributed by atoms with Crippen molar-refractivity contribution < 1.29 is 4.74 Å². The van der Waals surface area contributed by atoms with Crippen molar-refractivity contribution in [1.29, 1.82) is 0 Å². The molecule has 0 atom stereocenters. The molecule has 0 aromatic heterocycles. The molecule has 0 aliphatic heterocycles. The lowest BCUT2D eigenvalue weighted by molar-refractivity contribution is 0.317. The van der Waals surface area contributed by atoms with Gasteiger partial charge in [0, 0.05) is 19.6 Å². The quantitative estimate of drug-likeness (QED) is 0.302. The van der Waals surface area contributed by atoms with Gasteiger partial charge in [-0.25, -0.2) is 0 Å². The van der Waals surface area contributed by atoms with Crippen molar-refractivity contribution in [3.05, 3.63) is 42.0 Å². The predicted octanol–water partition coefficient (Wildman–Crippen LogP) is 3.52. The lowest BCUT2D eigenvalue weighted by Gasteiger charge is -2.17. The van der Waals surface area contributed by atoms with Gasteiger partial charge in [-0.1, -0.05) is 31.2 Å². The Hall–Kier alpha value is -1.24. The summed E-state index contributed by atoms with van der Waals surface area (Å²) in [5, 5.41) is 6.82. The number of ether oxygens (including phenoxy) is 1. The lowest BCUT2D eigenvalue weighted by atomic mass is 10.1. The highest BCUT2D eigenvalue weighted by atomic mass is 127. The first-order chi connectivity index (χ1) is 10.8. The van der Waals surface area contributed by atoms with Crippen molar-refractivity contribution in [1.82, 2.24) is 10.6 Å². The third kappa shape index (κ3) is 7.24. The van der Waals surface area contributed by atoms with E-state index in [2.05, 4.69) is 52.9 Å². The Morgan fingerprint density at radius 2 is 2.09 bits per heavy atom. The molecule has 4 nitrogen and oxygen atoms in total. The molecule has 23 heavy (non-hydrogen) atoms. The first-order valence-corrected chi connectivity index (χ1v) is 8.15. The zero-order valence-corrected chi connectivity index (χ0v) is 16.4. The van der Waals surface area contributed by atoms with E-state index in [0.717, 1.165) is 50.5 Å². The van der Waals surface area contributed by atoms with Gasteiger partial charge in [0.1, 0.15) is 5.75 Å². The maximum Gasteiger partial charge on any atom is 0.191 e. The minimum Gasteiger partial charge on any atom is -0.494 e. The van der Waals surface area contributed by atoms with Crippen molar-refractivity contribution in [3.63, 3.8) is 0 Å². The monoisotopic (exact) mass is 429 g/mol. The van der Waals surface area contributed by atoms with Gasteiger partial charge < -0.3 is 15.4 Å². The zero-order chi connectivity index (χ0) is 15.6. The summed E-state index contributed by atoms with van der Waals surface area (Å²) < 4.78 is 5.67. The van der Waals surface area contributed by atoms with Crippen LogP contribution in [-0.4, -0.2) is 32.2 Å². The number of nitrogens with one attached hydrogen (secondary N) is 2. The molecule has 2 N–H and O–H groups in total. The predicted molar refractivity (Wildman–Crippen MR) is 108 cm³/mol. The Labute approximate surface area is 156 Å². The highest BCUT2D eigenvalue weighted by Gasteiger charge is 2.11. The van der Waals surface area contributed by atoms with E-state index in [9.17, 15) is 0 Å². The van der Waals surface area contributed by atoms with Crippen molar-refractivity contribution in [2.75, 3.05) is 20.2 Å². The van der Waals surface area contributed by atoms with E-state index >= 15 is 0 Å². The summed E-state index contributed by atoms with van der Waals surface area (Å²) in [6, 6.07) is 8.81. The Morgan fingerprint density at radius 1 is 1.30 bits per heavy atom. The molecule has 1 aliphatic rings. The molecule has 1 aromatic rings. The molecule has 0 fully saturated rings. The van der Waals surface area contributed by atoms with Gasteiger partial charge in [-0.05, 0) is 43.4 Å². The van der Waals surface area contributed by atoms with Crippen LogP contribution in [0.5, 0.6) is 5.75 Å². The summed E-state index contributed by atoms with van der Waals surface area (Å²) in [5.74, 6) is 1.84. The molecule has 128 valence electrons. The number of rotatable bonds is 7. The molecule has 0 saturated carbocycles. The minimum absolute atomic E-state index is 0. The molecule has 2 rings (SSSR count). The van der Waals surface area contributed by atoms with Gasteiger partial charge in [0.05, 0.1) is 6.61 Å². The summed E-state index contributed by atoms with van der Waals surface area (Å²) >= 11 is 0. The molecule has 1 aromatic carbocycles. The second-order valence-corrected chi connectivity index (χ2v) is 5.53. The van der Waals surface area contributed by atoms with Gasteiger partial charge in [0.15, 0.2) is 5.96 Å². The number of halogens is 1. The van der Waals surface area contributed by atoms with Gasteiger partial charge in [-0.2, -0.15) is 0 Å². The Balaban J connectivity index is 0.00000264. The highest BCUT2D eigenvalue weighted by molar-refractivity contribution is 14.0. The van der Waals surface area contributed by atoms with E-state index in [-0.39, 0.29) is 24.0 Å². The van der Waals surface area contributed by atoms with Crippen LogP contribution in [0, 0.1) is 0 Å². The van der Waals surface area contributed by atoms with Gasteiger partial charge in [-0.3, -0.25) is 4.99 Å². The molecule has 5 heteroatoms. The molecule has 0 spiro atoms. The summed E-state index contributed by atoms with van der Waals surface area (Å²) in [5.41, 5.74) is 1.28. The van der Waals surface area contributed by atoms with E-state index in [0.29, 0.717) is 6.04 Å². The van der Waals surface area contributed by atoms with Crippen LogP contribution in [0.25, 0.3) is 0 Å². The second kappa shape index (κ2) is 11.3. The smallest absolute Gasteiger partial charge is 0.191 e. The van der Waals surface area contributed by atoms with Gasteiger partial charge >= 0.3 is 0 Å². The first kappa shape index (κ1) is 19.8.